The lowest BCUT2D eigenvalue weighted by Gasteiger charge is -2.23. The number of quaternary nitrogens is 1. The average Bonchev–Trinajstić information content (AvgIpc) is 2.56. The van der Waals surface area contributed by atoms with Crippen LogP contribution in [0.2, 0.25) is 0 Å². The quantitative estimate of drug-likeness (QED) is 0.801. The number of carboxylic acid groups (broad SMARTS) is 1. The van der Waals surface area contributed by atoms with Gasteiger partial charge in [0, 0.05) is 35.3 Å². The molecule has 3 N–H and O–H groups in total. The Balaban J connectivity index is 0.000000293. The summed E-state index contributed by atoms with van der Waals surface area (Å²) in [6, 6.07) is 18.6. The predicted octanol–water partition coefficient (Wildman–Crippen LogP) is 2.65. The molecule has 0 saturated heterocycles. The van der Waals surface area contributed by atoms with E-state index in [9.17, 15) is 9.90 Å². The molecule has 25 heavy (non-hydrogen) atoms. The second-order valence-corrected chi connectivity index (χ2v) is 7.27. The highest BCUT2D eigenvalue weighted by Gasteiger charge is 2.07. The number of carbonyl (C=O) groups excluding carboxylic acids is 1. The molecule has 0 radical (unpaired) electrons. The van der Waals surface area contributed by atoms with E-state index in [-0.39, 0.29) is 12.3 Å². The number of aliphatic carboxylic acids is 1. The lowest BCUT2D eigenvalue weighted by Crippen LogP contribution is -2.51. The molecule has 2 rings (SSSR count). The minimum atomic E-state index is -0.989. The molecule has 0 heterocycles. The number of benzene rings is 2. The Hall–Kier alpha value is -1.85. The van der Waals surface area contributed by atoms with E-state index in [0.717, 1.165) is 10.2 Å². The molecule has 0 fully saturated rings. The fourth-order valence-corrected chi connectivity index (χ4v) is 2.66. The van der Waals surface area contributed by atoms with E-state index >= 15 is 0 Å². The van der Waals surface area contributed by atoms with Crippen molar-refractivity contribution < 1.29 is 15.6 Å². The molecule has 4 nitrogen and oxygen atoms in total. The molecule has 136 valence electrons. The van der Waals surface area contributed by atoms with Gasteiger partial charge in [-0.15, -0.1) is 0 Å². The third-order valence-corrected chi connectivity index (χ3v) is 4.27. The van der Waals surface area contributed by atoms with Crippen LogP contribution in [0.4, 0.5) is 5.69 Å². The van der Waals surface area contributed by atoms with Gasteiger partial charge >= 0.3 is 0 Å². The number of halogens is 1. The molecule has 0 spiro atoms. The van der Waals surface area contributed by atoms with Crippen molar-refractivity contribution in [2.24, 2.45) is 5.92 Å². The molecule has 0 aliphatic carbocycles. The highest BCUT2D eigenvalue weighted by Crippen LogP contribution is 2.18. The lowest BCUT2D eigenvalue weighted by molar-refractivity contribution is -0.420. The highest BCUT2D eigenvalue weighted by molar-refractivity contribution is 9.10. The summed E-state index contributed by atoms with van der Waals surface area (Å²) in [5, 5.41) is 10.4. The average molecular weight is 407 g/mol. The van der Waals surface area contributed by atoms with E-state index in [1.165, 1.54) is 5.56 Å². The van der Waals surface area contributed by atoms with Crippen molar-refractivity contribution in [2.45, 2.75) is 26.3 Å². The van der Waals surface area contributed by atoms with Crippen LogP contribution in [0.5, 0.6) is 0 Å². The second-order valence-electron chi connectivity index (χ2n) is 6.35. The Bertz CT molecular complexity index is 630. The van der Waals surface area contributed by atoms with Crippen molar-refractivity contribution in [3.8, 4) is 0 Å². The summed E-state index contributed by atoms with van der Waals surface area (Å²) in [4.78, 5) is 12.5. The van der Waals surface area contributed by atoms with Crippen LogP contribution in [0.3, 0.4) is 0 Å². The largest absolute Gasteiger partial charge is 0.550 e. The molecule has 2 aromatic carbocycles. The van der Waals surface area contributed by atoms with Crippen LogP contribution in [0.1, 0.15) is 31.9 Å². The number of hydrogen-bond acceptors (Lipinski definition) is 3. The zero-order valence-electron chi connectivity index (χ0n) is 15.1. The normalized spacial score (nSPS) is 12.5. The number of rotatable bonds is 6. The first-order chi connectivity index (χ1) is 11.8. The number of carbonyl (C=O) groups is 1. The minimum absolute atomic E-state index is 0.0821. The zero-order chi connectivity index (χ0) is 18.8. The van der Waals surface area contributed by atoms with E-state index in [1.807, 2.05) is 61.3 Å². The molecule has 0 amide bonds. The topological polar surface area (TPSA) is 71.0 Å². The molecule has 0 aliphatic rings. The van der Waals surface area contributed by atoms with Crippen LogP contribution >= 0.6 is 15.9 Å². The Morgan fingerprint density at radius 2 is 1.68 bits per heavy atom. The monoisotopic (exact) mass is 406 g/mol. The van der Waals surface area contributed by atoms with E-state index in [1.54, 1.807) is 0 Å². The van der Waals surface area contributed by atoms with Gasteiger partial charge in [-0.25, -0.2) is 0 Å². The molecule has 2 atom stereocenters. The molecule has 0 saturated carbocycles. The van der Waals surface area contributed by atoms with Crippen molar-refractivity contribution in [1.82, 2.24) is 0 Å². The minimum Gasteiger partial charge on any atom is -0.550 e. The van der Waals surface area contributed by atoms with Gasteiger partial charge < -0.3 is 20.5 Å². The van der Waals surface area contributed by atoms with Crippen molar-refractivity contribution in [1.29, 1.82) is 0 Å². The molecular weight excluding hydrogens is 380 g/mol. The van der Waals surface area contributed by atoms with Crippen LogP contribution in [0.15, 0.2) is 59.1 Å². The van der Waals surface area contributed by atoms with Crippen molar-refractivity contribution in [2.75, 3.05) is 18.5 Å². The van der Waals surface area contributed by atoms with Crippen LogP contribution in [0, 0.1) is 5.92 Å². The SMILES string of the molecule is C[C@@H](CC(=O)[O-])CN(C)c1ccc(Br)cc1.C[C@H]([NH3+])c1ccccc1. The molecule has 5 heteroatoms. The number of hydrogen-bond donors (Lipinski definition) is 1. The highest BCUT2D eigenvalue weighted by atomic mass is 79.9. The maximum atomic E-state index is 10.4. The van der Waals surface area contributed by atoms with Crippen LogP contribution in [-0.2, 0) is 4.79 Å². The molecule has 2 aromatic rings. The number of carboxylic acids is 1. The van der Waals surface area contributed by atoms with Crippen molar-refractivity contribution >= 4 is 27.6 Å². The molecule has 0 bridgehead atoms. The van der Waals surface area contributed by atoms with Crippen molar-refractivity contribution in [3.05, 3.63) is 64.6 Å². The number of anilines is 1. The first kappa shape index (κ1) is 21.2. The van der Waals surface area contributed by atoms with Gasteiger partial charge in [0.2, 0.25) is 0 Å². The third-order valence-electron chi connectivity index (χ3n) is 3.74. The third kappa shape index (κ3) is 8.70. The van der Waals surface area contributed by atoms with Crippen molar-refractivity contribution in [3.63, 3.8) is 0 Å². The maximum Gasteiger partial charge on any atom is 0.107 e. The molecule has 0 aliphatic heterocycles. The second kappa shape index (κ2) is 10.9. The summed E-state index contributed by atoms with van der Waals surface area (Å²) in [5.41, 5.74) is 6.29. The summed E-state index contributed by atoms with van der Waals surface area (Å²) in [5.74, 6) is -0.907. The fourth-order valence-electron chi connectivity index (χ4n) is 2.40. The Morgan fingerprint density at radius 1 is 1.12 bits per heavy atom. The summed E-state index contributed by atoms with van der Waals surface area (Å²) in [7, 11) is 1.95. The molecule has 0 unspecified atom stereocenters. The van der Waals surface area contributed by atoms with E-state index in [0.29, 0.717) is 12.6 Å². The van der Waals surface area contributed by atoms with Crippen LogP contribution in [-0.4, -0.2) is 19.6 Å². The van der Waals surface area contributed by atoms with Gasteiger partial charge in [-0.05, 0) is 43.5 Å². The Kier molecular flexibility index (Phi) is 9.24. The van der Waals surface area contributed by atoms with Gasteiger partial charge in [-0.3, -0.25) is 0 Å². The summed E-state index contributed by atoms with van der Waals surface area (Å²) >= 11 is 3.37. The van der Waals surface area contributed by atoms with Gasteiger partial charge in [0.05, 0.1) is 0 Å². The summed E-state index contributed by atoms with van der Waals surface area (Å²) in [6.45, 7) is 4.70. The first-order valence-electron chi connectivity index (χ1n) is 8.34. The lowest BCUT2D eigenvalue weighted by atomic mass is 10.1. The van der Waals surface area contributed by atoms with Crippen LogP contribution < -0.4 is 15.7 Å². The molecule has 0 aromatic heterocycles. The van der Waals surface area contributed by atoms with E-state index < -0.39 is 5.97 Å². The zero-order valence-corrected chi connectivity index (χ0v) is 16.7. The van der Waals surface area contributed by atoms with Gasteiger partial charge in [0.25, 0.3) is 0 Å². The van der Waals surface area contributed by atoms with Gasteiger partial charge in [0.1, 0.15) is 6.04 Å². The maximum absolute atomic E-state index is 10.4. The van der Waals surface area contributed by atoms with Gasteiger partial charge in [-0.2, -0.15) is 0 Å². The standard InChI is InChI=1S/C12H16BrNO2.C8H11N/c1-9(7-12(15)16)8-14(2)11-5-3-10(13)4-6-11;1-7(9)8-5-3-2-4-6-8/h3-6,9H,7-8H2,1-2H3,(H,15,16);2-7H,9H2,1H3/t9-;7-/m00/s1. The van der Waals surface area contributed by atoms with E-state index in [4.69, 9.17) is 0 Å². The van der Waals surface area contributed by atoms with Gasteiger partial charge in [-0.1, -0.05) is 53.2 Å². The fraction of sp³-hybridized carbons (Fsp3) is 0.350. The predicted molar refractivity (Wildman–Crippen MR) is 104 cm³/mol. The summed E-state index contributed by atoms with van der Waals surface area (Å²) in [6.07, 6.45) is 0.0981. The summed E-state index contributed by atoms with van der Waals surface area (Å²) < 4.78 is 1.03. The smallest absolute Gasteiger partial charge is 0.107 e. The first-order valence-corrected chi connectivity index (χ1v) is 9.13. The van der Waals surface area contributed by atoms with Crippen LogP contribution in [0.25, 0.3) is 0 Å². The number of nitrogens with zero attached hydrogens (tertiary/aromatic N) is 1. The van der Waals surface area contributed by atoms with Gasteiger partial charge in [0.15, 0.2) is 0 Å². The van der Waals surface area contributed by atoms with E-state index in [2.05, 4.69) is 40.7 Å². The Morgan fingerprint density at radius 3 is 2.12 bits per heavy atom. The molecular formula is C20H27BrN2O2. The Labute approximate surface area is 158 Å².